The van der Waals surface area contributed by atoms with Crippen LogP contribution in [0.1, 0.15) is 20.8 Å². The molecule has 0 aromatic heterocycles. The third kappa shape index (κ3) is 8.25. The summed E-state index contributed by atoms with van der Waals surface area (Å²) in [4.78, 5) is 15.8. The molecular weight excluding hydrogens is 228 g/mol. The molecule has 0 saturated heterocycles. The fraction of sp³-hybridized carbons (Fsp3) is 0.786. The van der Waals surface area contributed by atoms with E-state index in [1.807, 2.05) is 6.08 Å². The van der Waals surface area contributed by atoms with Crippen molar-refractivity contribution < 1.29 is 9.53 Å². The van der Waals surface area contributed by atoms with Crippen molar-refractivity contribution in [3.8, 4) is 0 Å². The molecule has 0 heterocycles. The standard InChI is InChI=1S/C14H28N2O2/c1-12(2)11-16(10-9-15(4)5)8-7-13(3)14(17)18-6/h7,12H,8-11H2,1-6H3. The summed E-state index contributed by atoms with van der Waals surface area (Å²) in [6.45, 7) is 10.1. The van der Waals surface area contributed by atoms with Gasteiger partial charge in [-0.2, -0.15) is 0 Å². The first kappa shape index (κ1) is 17.1. The first-order valence-electron chi connectivity index (χ1n) is 6.49. The number of methoxy groups -OCH3 is 1. The van der Waals surface area contributed by atoms with E-state index in [-0.39, 0.29) is 5.97 Å². The Hall–Kier alpha value is -0.870. The van der Waals surface area contributed by atoms with Gasteiger partial charge in [0.05, 0.1) is 7.11 Å². The zero-order valence-electron chi connectivity index (χ0n) is 12.7. The zero-order chi connectivity index (χ0) is 14.1. The van der Waals surface area contributed by atoms with Gasteiger partial charge in [0.25, 0.3) is 0 Å². The van der Waals surface area contributed by atoms with Crippen LogP contribution in [-0.4, -0.2) is 63.2 Å². The van der Waals surface area contributed by atoms with Crippen LogP contribution in [0.2, 0.25) is 0 Å². The molecule has 0 aliphatic rings. The third-order valence-electron chi connectivity index (χ3n) is 2.65. The molecule has 0 aromatic rings. The van der Waals surface area contributed by atoms with Gasteiger partial charge < -0.3 is 9.64 Å². The molecule has 0 rings (SSSR count). The molecule has 0 atom stereocenters. The minimum absolute atomic E-state index is 0.243. The summed E-state index contributed by atoms with van der Waals surface area (Å²) < 4.78 is 4.69. The number of rotatable bonds is 8. The highest BCUT2D eigenvalue weighted by Crippen LogP contribution is 2.02. The predicted molar refractivity (Wildman–Crippen MR) is 75.6 cm³/mol. The van der Waals surface area contributed by atoms with Crippen LogP contribution >= 0.6 is 0 Å². The molecule has 0 aromatic carbocycles. The van der Waals surface area contributed by atoms with E-state index in [0.717, 1.165) is 26.2 Å². The first-order valence-corrected chi connectivity index (χ1v) is 6.49. The number of carbonyl (C=O) groups is 1. The molecule has 0 spiro atoms. The monoisotopic (exact) mass is 256 g/mol. The number of ether oxygens (including phenoxy) is 1. The maximum absolute atomic E-state index is 11.3. The molecule has 0 bridgehead atoms. The lowest BCUT2D eigenvalue weighted by Crippen LogP contribution is -2.34. The third-order valence-corrected chi connectivity index (χ3v) is 2.65. The van der Waals surface area contributed by atoms with Crippen molar-refractivity contribution >= 4 is 5.97 Å². The van der Waals surface area contributed by atoms with Crippen LogP contribution < -0.4 is 0 Å². The van der Waals surface area contributed by atoms with E-state index >= 15 is 0 Å². The fourth-order valence-corrected chi connectivity index (χ4v) is 1.63. The topological polar surface area (TPSA) is 32.8 Å². The van der Waals surface area contributed by atoms with E-state index in [9.17, 15) is 4.79 Å². The highest BCUT2D eigenvalue weighted by atomic mass is 16.5. The number of likely N-dealkylation sites (N-methyl/N-ethyl adjacent to an activating group) is 1. The summed E-state index contributed by atoms with van der Waals surface area (Å²) >= 11 is 0. The number of esters is 1. The van der Waals surface area contributed by atoms with E-state index < -0.39 is 0 Å². The number of hydrogen-bond donors (Lipinski definition) is 0. The Morgan fingerprint density at radius 2 is 1.89 bits per heavy atom. The maximum atomic E-state index is 11.3. The van der Waals surface area contributed by atoms with E-state index in [1.54, 1.807) is 6.92 Å². The van der Waals surface area contributed by atoms with E-state index in [4.69, 9.17) is 0 Å². The second-order valence-electron chi connectivity index (χ2n) is 5.34. The van der Waals surface area contributed by atoms with Gasteiger partial charge in [0, 0.05) is 31.8 Å². The number of hydrogen-bond acceptors (Lipinski definition) is 4. The first-order chi connectivity index (χ1) is 8.36. The van der Waals surface area contributed by atoms with Crippen LogP contribution in [-0.2, 0) is 9.53 Å². The summed E-state index contributed by atoms with van der Waals surface area (Å²) in [6.07, 6.45) is 1.95. The Morgan fingerprint density at radius 1 is 1.28 bits per heavy atom. The molecule has 0 radical (unpaired) electrons. The summed E-state index contributed by atoms with van der Waals surface area (Å²) in [7, 11) is 5.56. The van der Waals surface area contributed by atoms with Crippen LogP contribution in [0.4, 0.5) is 0 Å². The Morgan fingerprint density at radius 3 is 2.33 bits per heavy atom. The minimum atomic E-state index is -0.243. The van der Waals surface area contributed by atoms with Crippen molar-refractivity contribution in [1.82, 2.24) is 9.80 Å². The Labute approximate surface area is 112 Å². The molecule has 0 N–H and O–H groups in total. The van der Waals surface area contributed by atoms with Gasteiger partial charge in [-0.15, -0.1) is 0 Å². The minimum Gasteiger partial charge on any atom is -0.466 e. The number of carbonyl (C=O) groups excluding carboxylic acids is 1. The molecule has 0 amide bonds. The van der Waals surface area contributed by atoms with Crippen molar-refractivity contribution in [2.45, 2.75) is 20.8 Å². The SMILES string of the molecule is COC(=O)C(C)=CCN(CCN(C)C)CC(C)C. The second-order valence-corrected chi connectivity index (χ2v) is 5.34. The Bertz CT molecular complexity index is 273. The predicted octanol–water partition coefficient (Wildman–Crippen LogP) is 1.63. The fourth-order valence-electron chi connectivity index (χ4n) is 1.63. The van der Waals surface area contributed by atoms with Gasteiger partial charge >= 0.3 is 5.97 Å². The van der Waals surface area contributed by atoms with Crippen molar-refractivity contribution in [3.05, 3.63) is 11.6 Å². The molecule has 0 aliphatic carbocycles. The van der Waals surface area contributed by atoms with Crippen molar-refractivity contribution in [2.75, 3.05) is 47.4 Å². The molecule has 0 saturated carbocycles. The number of nitrogens with zero attached hydrogens (tertiary/aromatic N) is 2. The van der Waals surface area contributed by atoms with Gasteiger partial charge in [0.2, 0.25) is 0 Å². The quantitative estimate of drug-likeness (QED) is 0.488. The van der Waals surface area contributed by atoms with Crippen molar-refractivity contribution in [3.63, 3.8) is 0 Å². The summed E-state index contributed by atoms with van der Waals surface area (Å²) in [5.74, 6) is 0.381. The second kappa shape index (κ2) is 9.11. The molecule has 4 nitrogen and oxygen atoms in total. The Kier molecular flexibility index (Phi) is 8.67. The van der Waals surface area contributed by atoms with Gasteiger partial charge in [-0.05, 0) is 26.9 Å². The van der Waals surface area contributed by atoms with Gasteiger partial charge in [0.15, 0.2) is 0 Å². The van der Waals surface area contributed by atoms with Crippen LogP contribution in [0.5, 0.6) is 0 Å². The average Bonchev–Trinajstić information content (AvgIpc) is 2.30. The van der Waals surface area contributed by atoms with Gasteiger partial charge in [0.1, 0.15) is 0 Å². The molecular formula is C14H28N2O2. The van der Waals surface area contributed by atoms with Gasteiger partial charge in [-0.3, -0.25) is 4.90 Å². The van der Waals surface area contributed by atoms with Crippen LogP contribution in [0.3, 0.4) is 0 Å². The van der Waals surface area contributed by atoms with Crippen LogP contribution in [0.15, 0.2) is 11.6 Å². The lowest BCUT2D eigenvalue weighted by atomic mass is 10.2. The maximum Gasteiger partial charge on any atom is 0.333 e. The molecule has 106 valence electrons. The lowest BCUT2D eigenvalue weighted by molar-refractivity contribution is -0.136. The van der Waals surface area contributed by atoms with Gasteiger partial charge in [-0.1, -0.05) is 19.9 Å². The molecule has 0 unspecified atom stereocenters. The summed E-state index contributed by atoms with van der Waals surface area (Å²) in [5, 5.41) is 0. The average molecular weight is 256 g/mol. The molecule has 0 aliphatic heterocycles. The van der Waals surface area contributed by atoms with Crippen LogP contribution in [0, 0.1) is 5.92 Å². The summed E-state index contributed by atoms with van der Waals surface area (Å²) in [5.41, 5.74) is 0.677. The highest BCUT2D eigenvalue weighted by molar-refractivity contribution is 5.87. The normalized spacial score (nSPS) is 12.6. The Balaban J connectivity index is 4.35. The van der Waals surface area contributed by atoms with Gasteiger partial charge in [-0.25, -0.2) is 4.79 Å². The smallest absolute Gasteiger partial charge is 0.333 e. The van der Waals surface area contributed by atoms with Crippen molar-refractivity contribution in [1.29, 1.82) is 0 Å². The zero-order valence-corrected chi connectivity index (χ0v) is 12.7. The van der Waals surface area contributed by atoms with E-state index in [2.05, 4.69) is 42.5 Å². The largest absolute Gasteiger partial charge is 0.466 e. The van der Waals surface area contributed by atoms with E-state index in [0.29, 0.717) is 11.5 Å². The molecule has 0 fully saturated rings. The molecule has 4 heteroatoms. The summed E-state index contributed by atoms with van der Waals surface area (Å²) in [6, 6.07) is 0. The van der Waals surface area contributed by atoms with Crippen LogP contribution in [0.25, 0.3) is 0 Å². The van der Waals surface area contributed by atoms with Crippen molar-refractivity contribution in [2.24, 2.45) is 5.92 Å². The molecule has 18 heavy (non-hydrogen) atoms. The van der Waals surface area contributed by atoms with E-state index in [1.165, 1.54) is 7.11 Å². The highest BCUT2D eigenvalue weighted by Gasteiger charge is 2.08. The lowest BCUT2D eigenvalue weighted by Gasteiger charge is -2.24.